The molecular weight excluding hydrogens is 378 g/mol. The molecule has 1 N–H and O–H groups in total. The molecule has 0 aliphatic rings. The number of rotatable bonds is 5. The van der Waals surface area contributed by atoms with E-state index in [2.05, 4.69) is 10.3 Å². The van der Waals surface area contributed by atoms with Gasteiger partial charge in [-0.15, -0.1) is 11.3 Å². The number of nitro groups is 1. The number of hydrogen-bond donors (Lipinski definition) is 1. The monoisotopic (exact) mass is 389 g/mol. The van der Waals surface area contributed by atoms with Crippen molar-refractivity contribution in [3.63, 3.8) is 0 Å². The second-order valence-corrected chi connectivity index (χ2v) is 6.41. The van der Waals surface area contributed by atoms with Crippen molar-refractivity contribution in [3.05, 3.63) is 68.5 Å². The topological polar surface area (TPSA) is 94.4 Å². The van der Waals surface area contributed by atoms with Crippen molar-refractivity contribution in [3.8, 4) is 17.0 Å². The van der Waals surface area contributed by atoms with Gasteiger partial charge in [0.2, 0.25) is 0 Å². The highest BCUT2D eigenvalue weighted by molar-refractivity contribution is 7.14. The van der Waals surface area contributed by atoms with Crippen molar-refractivity contribution in [1.82, 2.24) is 4.98 Å². The molecule has 7 nitrogen and oxygen atoms in total. The van der Waals surface area contributed by atoms with Crippen LogP contribution in [0.4, 0.5) is 10.8 Å². The van der Waals surface area contributed by atoms with Crippen LogP contribution in [-0.4, -0.2) is 22.9 Å². The molecule has 0 spiro atoms. The van der Waals surface area contributed by atoms with Crippen LogP contribution >= 0.6 is 22.9 Å². The molecule has 1 amide bonds. The normalized spacial score (nSPS) is 10.4. The number of thiazole rings is 1. The van der Waals surface area contributed by atoms with Gasteiger partial charge in [-0.2, -0.15) is 0 Å². The number of halogens is 1. The summed E-state index contributed by atoms with van der Waals surface area (Å²) in [7, 11) is 1.59. The Morgan fingerprint density at radius 3 is 2.62 bits per heavy atom. The highest BCUT2D eigenvalue weighted by Crippen LogP contribution is 2.28. The summed E-state index contributed by atoms with van der Waals surface area (Å²) >= 11 is 7.24. The van der Waals surface area contributed by atoms with Crippen LogP contribution in [0.15, 0.2) is 47.8 Å². The van der Waals surface area contributed by atoms with E-state index in [1.807, 2.05) is 29.6 Å². The molecule has 0 aliphatic carbocycles. The van der Waals surface area contributed by atoms with Gasteiger partial charge in [0.15, 0.2) is 5.13 Å². The van der Waals surface area contributed by atoms with E-state index >= 15 is 0 Å². The van der Waals surface area contributed by atoms with Gasteiger partial charge >= 0.3 is 0 Å². The zero-order valence-corrected chi connectivity index (χ0v) is 15.0. The number of ether oxygens (including phenoxy) is 1. The maximum absolute atomic E-state index is 12.3. The molecule has 2 aromatic carbocycles. The fourth-order valence-electron chi connectivity index (χ4n) is 2.19. The van der Waals surface area contributed by atoms with E-state index in [0.717, 1.165) is 17.4 Å². The lowest BCUT2D eigenvalue weighted by atomic mass is 10.2. The Morgan fingerprint density at radius 2 is 2.00 bits per heavy atom. The average Bonchev–Trinajstić information content (AvgIpc) is 3.10. The molecule has 0 atom stereocenters. The average molecular weight is 390 g/mol. The number of aromatic nitrogens is 1. The van der Waals surface area contributed by atoms with Crippen molar-refractivity contribution in [2.45, 2.75) is 0 Å². The second-order valence-electron chi connectivity index (χ2n) is 5.14. The standard InChI is InChI=1S/C17H12ClN3O4S/c1-25-12-5-2-10(3-6-12)15-9-26-17(19-15)20-16(22)13-7-4-11(21(23)24)8-14(13)18/h2-9H,1H3,(H,19,20,22). The van der Waals surface area contributed by atoms with Gasteiger partial charge in [-0.05, 0) is 30.3 Å². The summed E-state index contributed by atoms with van der Waals surface area (Å²) in [6.45, 7) is 0. The van der Waals surface area contributed by atoms with Gasteiger partial charge in [-0.25, -0.2) is 4.98 Å². The quantitative estimate of drug-likeness (QED) is 0.507. The molecule has 0 saturated heterocycles. The van der Waals surface area contributed by atoms with E-state index < -0.39 is 10.8 Å². The fourth-order valence-corrected chi connectivity index (χ4v) is 3.17. The number of nitrogens with zero attached hydrogens (tertiary/aromatic N) is 2. The summed E-state index contributed by atoms with van der Waals surface area (Å²) in [4.78, 5) is 26.9. The largest absolute Gasteiger partial charge is 0.497 e. The SMILES string of the molecule is COc1ccc(-c2csc(NC(=O)c3ccc([N+](=O)[O-])cc3Cl)n2)cc1. The number of carbonyl (C=O) groups is 1. The molecule has 132 valence electrons. The highest BCUT2D eigenvalue weighted by atomic mass is 35.5. The number of nitro benzene ring substituents is 1. The van der Waals surface area contributed by atoms with Crippen LogP contribution in [0.3, 0.4) is 0 Å². The molecule has 26 heavy (non-hydrogen) atoms. The molecule has 0 bridgehead atoms. The minimum Gasteiger partial charge on any atom is -0.497 e. The van der Waals surface area contributed by atoms with Crippen molar-refractivity contribution < 1.29 is 14.5 Å². The summed E-state index contributed by atoms with van der Waals surface area (Å²) < 4.78 is 5.12. The van der Waals surface area contributed by atoms with E-state index in [0.29, 0.717) is 10.8 Å². The van der Waals surface area contributed by atoms with E-state index in [1.54, 1.807) is 7.11 Å². The van der Waals surface area contributed by atoms with Gasteiger partial charge in [-0.3, -0.25) is 20.2 Å². The van der Waals surface area contributed by atoms with Crippen molar-refractivity contribution in [1.29, 1.82) is 0 Å². The van der Waals surface area contributed by atoms with Crippen LogP contribution in [0.2, 0.25) is 5.02 Å². The first-order valence-corrected chi connectivity index (χ1v) is 8.59. The predicted molar refractivity (Wildman–Crippen MR) is 100 cm³/mol. The number of non-ortho nitro benzene ring substituents is 1. The van der Waals surface area contributed by atoms with E-state index in [4.69, 9.17) is 16.3 Å². The Labute approximate surface area is 157 Å². The number of methoxy groups -OCH3 is 1. The Bertz CT molecular complexity index is 972. The Hall–Kier alpha value is -2.97. The maximum Gasteiger partial charge on any atom is 0.270 e. The predicted octanol–water partition coefficient (Wildman–Crippen LogP) is 4.63. The van der Waals surface area contributed by atoms with Gasteiger partial charge in [0.25, 0.3) is 11.6 Å². The minimum atomic E-state index is -0.574. The van der Waals surface area contributed by atoms with Crippen molar-refractivity contribution in [2.75, 3.05) is 12.4 Å². The van der Waals surface area contributed by atoms with Crippen LogP contribution in [-0.2, 0) is 0 Å². The third-order valence-corrected chi connectivity index (χ3v) is 4.59. The zero-order chi connectivity index (χ0) is 18.7. The molecule has 0 saturated carbocycles. The van der Waals surface area contributed by atoms with E-state index in [1.165, 1.54) is 23.5 Å². The Kier molecular flexibility index (Phi) is 5.15. The van der Waals surface area contributed by atoms with Gasteiger partial charge < -0.3 is 4.74 Å². The number of hydrogen-bond acceptors (Lipinski definition) is 6. The van der Waals surface area contributed by atoms with Gasteiger partial charge in [0.1, 0.15) is 5.75 Å². The van der Waals surface area contributed by atoms with Crippen LogP contribution in [0, 0.1) is 10.1 Å². The summed E-state index contributed by atoms with van der Waals surface area (Å²) in [5.41, 5.74) is 1.56. The lowest BCUT2D eigenvalue weighted by Crippen LogP contribution is -2.12. The number of nitrogens with one attached hydrogen (secondary N) is 1. The third kappa shape index (κ3) is 3.81. The number of amides is 1. The van der Waals surface area contributed by atoms with Crippen molar-refractivity contribution in [2.24, 2.45) is 0 Å². The Balaban J connectivity index is 1.76. The van der Waals surface area contributed by atoms with E-state index in [-0.39, 0.29) is 16.3 Å². The number of carbonyl (C=O) groups excluding carboxylic acids is 1. The first-order chi connectivity index (χ1) is 12.5. The summed E-state index contributed by atoms with van der Waals surface area (Å²) in [5, 5.41) is 15.6. The molecule has 1 heterocycles. The fraction of sp³-hybridized carbons (Fsp3) is 0.0588. The number of benzene rings is 2. The molecular formula is C17H12ClN3O4S. The lowest BCUT2D eigenvalue weighted by Gasteiger charge is -2.04. The highest BCUT2D eigenvalue weighted by Gasteiger charge is 2.16. The molecule has 9 heteroatoms. The summed E-state index contributed by atoms with van der Waals surface area (Å²) in [5.74, 6) is 0.255. The molecule has 3 aromatic rings. The summed E-state index contributed by atoms with van der Waals surface area (Å²) in [6, 6.07) is 11.1. The zero-order valence-electron chi connectivity index (χ0n) is 13.4. The molecule has 0 aliphatic heterocycles. The summed E-state index contributed by atoms with van der Waals surface area (Å²) in [6.07, 6.45) is 0. The van der Waals surface area contributed by atoms with Crippen LogP contribution < -0.4 is 10.1 Å². The van der Waals surface area contributed by atoms with Crippen LogP contribution in [0.25, 0.3) is 11.3 Å². The maximum atomic E-state index is 12.3. The Morgan fingerprint density at radius 1 is 1.27 bits per heavy atom. The van der Waals surface area contributed by atoms with E-state index in [9.17, 15) is 14.9 Å². The van der Waals surface area contributed by atoms with Gasteiger partial charge in [0, 0.05) is 23.1 Å². The molecule has 0 fully saturated rings. The first kappa shape index (κ1) is 17.8. The van der Waals surface area contributed by atoms with Crippen LogP contribution in [0.1, 0.15) is 10.4 Å². The third-order valence-electron chi connectivity index (χ3n) is 3.52. The smallest absolute Gasteiger partial charge is 0.270 e. The van der Waals surface area contributed by atoms with Crippen molar-refractivity contribution >= 4 is 39.7 Å². The van der Waals surface area contributed by atoms with Gasteiger partial charge in [0.05, 0.1) is 28.3 Å². The number of anilines is 1. The molecule has 0 unspecified atom stereocenters. The molecule has 1 aromatic heterocycles. The minimum absolute atomic E-state index is 0.00336. The molecule has 3 rings (SSSR count). The van der Waals surface area contributed by atoms with Crippen LogP contribution in [0.5, 0.6) is 5.75 Å². The molecule has 0 radical (unpaired) electrons. The second kappa shape index (κ2) is 7.51. The van der Waals surface area contributed by atoms with Gasteiger partial charge in [-0.1, -0.05) is 11.6 Å². The lowest BCUT2D eigenvalue weighted by molar-refractivity contribution is -0.384. The first-order valence-electron chi connectivity index (χ1n) is 7.33.